The summed E-state index contributed by atoms with van der Waals surface area (Å²) < 4.78 is 11.2. The molecular formula is C50H30N4O. The van der Waals surface area contributed by atoms with Gasteiger partial charge in [-0.05, 0) is 72.8 Å². The van der Waals surface area contributed by atoms with E-state index in [1.54, 1.807) is 0 Å². The molecule has 0 saturated carbocycles. The lowest BCUT2D eigenvalue weighted by molar-refractivity contribution is 0.669. The van der Waals surface area contributed by atoms with Crippen molar-refractivity contribution in [1.82, 2.24) is 19.1 Å². The highest BCUT2D eigenvalue weighted by Gasteiger charge is 2.23. The molecule has 0 amide bonds. The fraction of sp³-hybridized carbons (Fsp3) is 0. The Labute approximate surface area is 315 Å². The van der Waals surface area contributed by atoms with E-state index in [1.807, 2.05) is 24.3 Å². The molecule has 0 unspecified atom stereocenters. The molecule has 256 valence electrons. The van der Waals surface area contributed by atoms with Crippen molar-refractivity contribution in [2.75, 3.05) is 0 Å². The van der Waals surface area contributed by atoms with Crippen LogP contribution in [0.1, 0.15) is 0 Å². The molecule has 0 saturated heterocycles. The Morgan fingerprint density at radius 2 is 1.02 bits per heavy atom. The highest BCUT2D eigenvalue weighted by atomic mass is 16.3. The minimum absolute atomic E-state index is 0.707. The summed E-state index contributed by atoms with van der Waals surface area (Å²) in [6.07, 6.45) is 0. The number of para-hydroxylation sites is 4. The zero-order valence-corrected chi connectivity index (χ0v) is 29.5. The van der Waals surface area contributed by atoms with E-state index in [4.69, 9.17) is 14.4 Å². The van der Waals surface area contributed by atoms with Gasteiger partial charge in [-0.15, -0.1) is 0 Å². The third kappa shape index (κ3) is 4.35. The molecule has 4 aromatic heterocycles. The van der Waals surface area contributed by atoms with Gasteiger partial charge in [0.2, 0.25) is 0 Å². The lowest BCUT2D eigenvalue weighted by Crippen LogP contribution is -1.97. The largest absolute Gasteiger partial charge is 0.456 e. The van der Waals surface area contributed by atoms with Crippen LogP contribution in [0.4, 0.5) is 0 Å². The Kier molecular flexibility index (Phi) is 6.27. The van der Waals surface area contributed by atoms with Gasteiger partial charge in [0.1, 0.15) is 11.2 Å². The van der Waals surface area contributed by atoms with E-state index in [1.165, 1.54) is 27.1 Å². The van der Waals surface area contributed by atoms with Gasteiger partial charge in [0, 0.05) is 60.2 Å². The van der Waals surface area contributed by atoms with Gasteiger partial charge in [0.15, 0.2) is 5.82 Å². The summed E-state index contributed by atoms with van der Waals surface area (Å²) in [7, 11) is 0. The average Bonchev–Trinajstić information content (AvgIpc) is 3.91. The van der Waals surface area contributed by atoms with E-state index < -0.39 is 0 Å². The molecule has 5 nitrogen and oxygen atoms in total. The predicted molar refractivity (Wildman–Crippen MR) is 226 cm³/mol. The lowest BCUT2D eigenvalue weighted by Gasteiger charge is -2.11. The summed E-state index contributed by atoms with van der Waals surface area (Å²) in [5.74, 6) is 0.707. The summed E-state index contributed by atoms with van der Waals surface area (Å²) in [6.45, 7) is 0. The van der Waals surface area contributed by atoms with Crippen LogP contribution in [0.25, 0.3) is 110 Å². The van der Waals surface area contributed by atoms with E-state index in [0.717, 1.165) is 77.6 Å². The molecule has 0 fully saturated rings. The SMILES string of the molecule is c1ccc(-c2nc(-c3ccc(-n4c5ccccc5c5c4ccc4c6c7c(ccc6n(-c6ccccc6)c45)oc4ccccc47)cc3)nc3ccccc23)cc1. The molecule has 55 heavy (non-hydrogen) atoms. The Bertz CT molecular complexity index is 3470. The minimum Gasteiger partial charge on any atom is -0.456 e. The summed E-state index contributed by atoms with van der Waals surface area (Å²) >= 11 is 0. The van der Waals surface area contributed by atoms with Crippen LogP contribution in [-0.4, -0.2) is 19.1 Å². The minimum atomic E-state index is 0.707. The molecule has 0 aliphatic heterocycles. The Hall–Kier alpha value is -7.50. The molecular weight excluding hydrogens is 673 g/mol. The molecule has 0 bridgehead atoms. The van der Waals surface area contributed by atoms with Crippen LogP contribution in [-0.2, 0) is 0 Å². The number of furan rings is 1. The predicted octanol–water partition coefficient (Wildman–Crippen LogP) is 13.1. The average molecular weight is 703 g/mol. The van der Waals surface area contributed by atoms with E-state index in [2.05, 4.69) is 167 Å². The van der Waals surface area contributed by atoms with E-state index >= 15 is 0 Å². The van der Waals surface area contributed by atoms with Crippen LogP contribution >= 0.6 is 0 Å². The van der Waals surface area contributed by atoms with Crippen molar-refractivity contribution in [1.29, 1.82) is 0 Å². The Morgan fingerprint density at radius 3 is 1.85 bits per heavy atom. The van der Waals surface area contributed by atoms with E-state index in [9.17, 15) is 0 Å². The van der Waals surface area contributed by atoms with Crippen molar-refractivity contribution in [2.45, 2.75) is 0 Å². The fourth-order valence-corrected chi connectivity index (χ4v) is 8.77. The smallest absolute Gasteiger partial charge is 0.160 e. The van der Waals surface area contributed by atoms with Gasteiger partial charge in [-0.3, -0.25) is 0 Å². The normalized spacial score (nSPS) is 12.0. The highest BCUT2D eigenvalue weighted by Crippen LogP contribution is 2.46. The van der Waals surface area contributed by atoms with Crippen LogP contribution in [0, 0.1) is 0 Å². The van der Waals surface area contributed by atoms with Crippen molar-refractivity contribution >= 4 is 76.5 Å². The van der Waals surface area contributed by atoms with Gasteiger partial charge >= 0.3 is 0 Å². The maximum Gasteiger partial charge on any atom is 0.160 e. The Balaban J connectivity index is 1.12. The number of rotatable bonds is 4. The summed E-state index contributed by atoms with van der Waals surface area (Å²) in [6, 6.07) is 64.1. The zero-order valence-electron chi connectivity index (χ0n) is 29.5. The maximum absolute atomic E-state index is 6.41. The number of nitrogens with zero attached hydrogens (tertiary/aromatic N) is 4. The van der Waals surface area contributed by atoms with Crippen molar-refractivity contribution in [2.24, 2.45) is 0 Å². The number of hydrogen-bond donors (Lipinski definition) is 0. The monoisotopic (exact) mass is 702 g/mol. The molecule has 5 heteroatoms. The molecule has 4 heterocycles. The molecule has 8 aromatic carbocycles. The van der Waals surface area contributed by atoms with Gasteiger partial charge in [0.05, 0.1) is 33.3 Å². The molecule has 0 N–H and O–H groups in total. The number of benzene rings is 8. The molecule has 0 radical (unpaired) electrons. The first-order valence-electron chi connectivity index (χ1n) is 18.6. The van der Waals surface area contributed by atoms with Crippen LogP contribution < -0.4 is 0 Å². The maximum atomic E-state index is 6.41. The van der Waals surface area contributed by atoms with Gasteiger partial charge in [-0.25, -0.2) is 9.97 Å². The topological polar surface area (TPSA) is 48.8 Å². The standard InChI is InChI=1S/C50H30N4O/c1-3-13-31(14-4-1)48-35-17-7-10-20-39(35)51-50(52-48)32-23-25-34(26-24-32)53-40-21-11-8-18-36(40)46-42(53)28-27-38-45-41(54(49(38)46)33-15-5-2-6-16-33)29-30-44-47(45)37-19-9-12-22-43(37)55-44/h1-30H. The first-order chi connectivity index (χ1) is 27.3. The van der Waals surface area contributed by atoms with E-state index in [0.29, 0.717) is 5.82 Å². The molecule has 0 aliphatic carbocycles. The summed E-state index contributed by atoms with van der Waals surface area (Å²) in [5.41, 5.74) is 12.5. The third-order valence-electron chi connectivity index (χ3n) is 11.1. The van der Waals surface area contributed by atoms with Gasteiger partial charge in [-0.2, -0.15) is 0 Å². The van der Waals surface area contributed by atoms with Crippen molar-refractivity contribution in [3.8, 4) is 34.0 Å². The molecule has 0 spiro atoms. The van der Waals surface area contributed by atoms with Crippen LogP contribution in [0.15, 0.2) is 186 Å². The second kappa shape index (κ2) is 11.5. The Morgan fingerprint density at radius 1 is 0.364 bits per heavy atom. The number of aromatic nitrogens is 4. The van der Waals surface area contributed by atoms with Crippen LogP contribution in [0.5, 0.6) is 0 Å². The second-order valence-electron chi connectivity index (χ2n) is 14.1. The van der Waals surface area contributed by atoms with Gasteiger partial charge in [0.25, 0.3) is 0 Å². The molecule has 0 aliphatic rings. The molecule has 12 rings (SSSR count). The number of hydrogen-bond acceptors (Lipinski definition) is 3. The third-order valence-corrected chi connectivity index (χ3v) is 11.1. The van der Waals surface area contributed by atoms with Crippen molar-refractivity contribution in [3.63, 3.8) is 0 Å². The first-order valence-corrected chi connectivity index (χ1v) is 18.6. The molecule has 12 aromatic rings. The second-order valence-corrected chi connectivity index (χ2v) is 14.1. The highest BCUT2D eigenvalue weighted by molar-refractivity contribution is 6.32. The van der Waals surface area contributed by atoms with Crippen molar-refractivity contribution in [3.05, 3.63) is 182 Å². The molecule has 0 atom stereocenters. The van der Waals surface area contributed by atoms with Crippen LogP contribution in [0.3, 0.4) is 0 Å². The fourth-order valence-electron chi connectivity index (χ4n) is 8.77. The van der Waals surface area contributed by atoms with Gasteiger partial charge in [-0.1, -0.05) is 109 Å². The zero-order chi connectivity index (χ0) is 36.0. The summed E-state index contributed by atoms with van der Waals surface area (Å²) in [4.78, 5) is 10.2. The lowest BCUT2D eigenvalue weighted by atomic mass is 10.0. The van der Waals surface area contributed by atoms with Gasteiger partial charge < -0.3 is 13.6 Å². The van der Waals surface area contributed by atoms with Crippen molar-refractivity contribution < 1.29 is 4.42 Å². The van der Waals surface area contributed by atoms with Crippen LogP contribution in [0.2, 0.25) is 0 Å². The first kappa shape index (κ1) is 30.0. The summed E-state index contributed by atoms with van der Waals surface area (Å²) in [5, 5.41) is 8.13. The quantitative estimate of drug-likeness (QED) is 0.183. The number of fused-ring (bicyclic) bond motifs is 12. The van der Waals surface area contributed by atoms with E-state index in [-0.39, 0.29) is 0 Å².